The van der Waals surface area contributed by atoms with Gasteiger partial charge in [-0.3, -0.25) is 0 Å². The number of benzene rings is 2. The number of nitrogens with zero attached hydrogens (tertiary/aromatic N) is 2. The lowest BCUT2D eigenvalue weighted by molar-refractivity contribution is 0.369. The molecule has 0 amide bonds. The zero-order valence-electron chi connectivity index (χ0n) is 12.3. The van der Waals surface area contributed by atoms with Crippen LogP contribution in [-0.4, -0.2) is 23.2 Å². The summed E-state index contributed by atoms with van der Waals surface area (Å²) in [5, 5.41) is 9.70. The third-order valence-corrected chi connectivity index (χ3v) is 3.76. The third kappa shape index (κ3) is 3.11. The maximum absolute atomic E-state index is 5.34. The summed E-state index contributed by atoms with van der Waals surface area (Å²) in [6.07, 6.45) is 1.78. The van der Waals surface area contributed by atoms with Crippen LogP contribution in [0.15, 0.2) is 47.0 Å². The van der Waals surface area contributed by atoms with Crippen LogP contribution in [0, 0.1) is 0 Å². The number of nitrogens with one attached hydrogen (secondary N) is 1. The maximum Gasteiger partial charge on any atom is 0.227 e. The van der Waals surface area contributed by atoms with Gasteiger partial charge in [0.15, 0.2) is 0 Å². The van der Waals surface area contributed by atoms with Crippen LogP contribution in [0.1, 0.15) is 19.2 Å². The number of rotatable bonds is 5. The van der Waals surface area contributed by atoms with Crippen LogP contribution in [0.4, 0.5) is 0 Å². The summed E-state index contributed by atoms with van der Waals surface area (Å²) in [6, 6.07) is 14.9. The Hall–Kier alpha value is -2.20. The smallest absolute Gasteiger partial charge is 0.227 e. The molecule has 1 heterocycles. The van der Waals surface area contributed by atoms with Crippen molar-refractivity contribution in [2.75, 3.05) is 7.05 Å². The van der Waals surface area contributed by atoms with Crippen LogP contribution in [0.2, 0.25) is 0 Å². The summed E-state index contributed by atoms with van der Waals surface area (Å²) >= 11 is 0. The van der Waals surface area contributed by atoms with E-state index in [2.05, 4.69) is 46.6 Å². The molecule has 3 aromatic rings. The second-order valence-corrected chi connectivity index (χ2v) is 5.30. The quantitative estimate of drug-likeness (QED) is 0.778. The minimum absolute atomic E-state index is 0.445. The van der Waals surface area contributed by atoms with E-state index in [4.69, 9.17) is 4.52 Å². The Morgan fingerprint density at radius 1 is 1.14 bits per heavy atom. The zero-order valence-corrected chi connectivity index (χ0v) is 12.3. The molecule has 1 unspecified atom stereocenters. The first kappa shape index (κ1) is 13.8. The molecular formula is C17H19N3O. The van der Waals surface area contributed by atoms with E-state index >= 15 is 0 Å². The van der Waals surface area contributed by atoms with Gasteiger partial charge in [-0.2, -0.15) is 4.98 Å². The molecule has 108 valence electrons. The summed E-state index contributed by atoms with van der Waals surface area (Å²) in [5.74, 6) is 1.35. The van der Waals surface area contributed by atoms with Gasteiger partial charge in [-0.25, -0.2) is 0 Å². The molecule has 4 heteroatoms. The van der Waals surface area contributed by atoms with Crippen LogP contribution in [0.3, 0.4) is 0 Å². The van der Waals surface area contributed by atoms with E-state index in [-0.39, 0.29) is 0 Å². The standard InChI is InChI=1S/C17H19N3O/c1-12(18-2)7-10-16-19-17(20-21-16)15-9-8-13-5-3-4-6-14(13)11-15/h3-6,8-9,11-12,18H,7,10H2,1-2H3. The Morgan fingerprint density at radius 2 is 1.95 bits per heavy atom. The van der Waals surface area contributed by atoms with Gasteiger partial charge in [-0.1, -0.05) is 41.6 Å². The molecular weight excluding hydrogens is 262 g/mol. The van der Waals surface area contributed by atoms with Gasteiger partial charge in [0.25, 0.3) is 0 Å². The summed E-state index contributed by atoms with van der Waals surface area (Å²) in [7, 11) is 1.96. The number of aromatic nitrogens is 2. The topological polar surface area (TPSA) is 51.0 Å². The normalized spacial score (nSPS) is 12.7. The molecule has 0 aliphatic rings. The van der Waals surface area contributed by atoms with Gasteiger partial charge in [0.1, 0.15) is 0 Å². The van der Waals surface area contributed by atoms with Crippen molar-refractivity contribution in [3.63, 3.8) is 0 Å². The summed E-state index contributed by atoms with van der Waals surface area (Å²) in [4.78, 5) is 4.49. The van der Waals surface area contributed by atoms with Crippen LogP contribution in [-0.2, 0) is 6.42 Å². The molecule has 4 nitrogen and oxygen atoms in total. The molecule has 0 saturated heterocycles. The van der Waals surface area contributed by atoms with Crippen LogP contribution < -0.4 is 5.32 Å². The minimum Gasteiger partial charge on any atom is -0.339 e. The molecule has 0 aliphatic carbocycles. The van der Waals surface area contributed by atoms with Gasteiger partial charge in [0.05, 0.1) is 0 Å². The van der Waals surface area contributed by atoms with E-state index in [1.54, 1.807) is 0 Å². The molecule has 0 bridgehead atoms. The highest BCUT2D eigenvalue weighted by molar-refractivity contribution is 5.86. The minimum atomic E-state index is 0.445. The molecule has 21 heavy (non-hydrogen) atoms. The second kappa shape index (κ2) is 6.06. The lowest BCUT2D eigenvalue weighted by atomic mass is 10.1. The lowest BCUT2D eigenvalue weighted by Gasteiger charge is -2.06. The fraction of sp³-hybridized carbons (Fsp3) is 0.294. The molecule has 0 aliphatic heterocycles. The predicted molar refractivity (Wildman–Crippen MR) is 84.1 cm³/mol. The van der Waals surface area contributed by atoms with E-state index in [9.17, 15) is 0 Å². The molecule has 1 aromatic heterocycles. The SMILES string of the molecule is CNC(C)CCc1nc(-c2ccc3ccccc3c2)no1. The van der Waals surface area contributed by atoms with E-state index < -0.39 is 0 Å². The Kier molecular flexibility index (Phi) is 3.97. The third-order valence-electron chi connectivity index (χ3n) is 3.76. The highest BCUT2D eigenvalue weighted by Gasteiger charge is 2.10. The Labute approximate surface area is 124 Å². The molecule has 1 atom stereocenters. The molecule has 1 N–H and O–H groups in total. The van der Waals surface area contributed by atoms with Crippen LogP contribution >= 0.6 is 0 Å². The monoisotopic (exact) mass is 281 g/mol. The van der Waals surface area contributed by atoms with Crippen molar-refractivity contribution in [3.8, 4) is 11.4 Å². The Bertz CT molecular complexity index is 735. The number of aryl methyl sites for hydroxylation is 1. The first-order chi connectivity index (χ1) is 10.3. The van der Waals surface area contributed by atoms with E-state index in [0.717, 1.165) is 18.4 Å². The molecule has 0 saturated carbocycles. The average Bonchev–Trinajstić information content (AvgIpc) is 3.01. The highest BCUT2D eigenvalue weighted by Crippen LogP contribution is 2.22. The molecule has 0 radical (unpaired) electrons. The van der Waals surface area contributed by atoms with Crippen molar-refractivity contribution in [2.45, 2.75) is 25.8 Å². The first-order valence-electron chi connectivity index (χ1n) is 7.25. The summed E-state index contributed by atoms with van der Waals surface area (Å²) < 4.78 is 5.34. The highest BCUT2D eigenvalue weighted by atomic mass is 16.5. The van der Waals surface area contributed by atoms with Gasteiger partial charge >= 0.3 is 0 Å². The molecule has 2 aromatic carbocycles. The zero-order chi connectivity index (χ0) is 14.7. The van der Waals surface area contributed by atoms with Gasteiger partial charge < -0.3 is 9.84 Å². The van der Waals surface area contributed by atoms with Crippen molar-refractivity contribution in [1.29, 1.82) is 0 Å². The van der Waals surface area contributed by atoms with E-state index in [1.165, 1.54) is 10.8 Å². The van der Waals surface area contributed by atoms with Crippen molar-refractivity contribution < 1.29 is 4.52 Å². The van der Waals surface area contributed by atoms with Crippen molar-refractivity contribution in [1.82, 2.24) is 15.5 Å². The first-order valence-corrected chi connectivity index (χ1v) is 7.25. The molecule has 3 rings (SSSR count). The fourth-order valence-corrected chi connectivity index (χ4v) is 2.29. The second-order valence-electron chi connectivity index (χ2n) is 5.30. The largest absolute Gasteiger partial charge is 0.339 e. The van der Waals surface area contributed by atoms with E-state index in [0.29, 0.717) is 17.8 Å². The predicted octanol–water partition coefficient (Wildman–Crippen LogP) is 3.43. The number of hydrogen-bond acceptors (Lipinski definition) is 4. The van der Waals surface area contributed by atoms with Crippen molar-refractivity contribution in [2.24, 2.45) is 0 Å². The van der Waals surface area contributed by atoms with Crippen molar-refractivity contribution in [3.05, 3.63) is 48.4 Å². The Balaban J connectivity index is 1.81. The van der Waals surface area contributed by atoms with E-state index in [1.807, 2.05) is 25.2 Å². The van der Waals surface area contributed by atoms with Gasteiger partial charge in [-0.15, -0.1) is 0 Å². The average molecular weight is 281 g/mol. The lowest BCUT2D eigenvalue weighted by Crippen LogP contribution is -2.21. The fourth-order valence-electron chi connectivity index (χ4n) is 2.29. The molecule has 0 fully saturated rings. The number of fused-ring (bicyclic) bond motifs is 1. The summed E-state index contributed by atoms with van der Waals surface area (Å²) in [6.45, 7) is 2.14. The summed E-state index contributed by atoms with van der Waals surface area (Å²) in [5.41, 5.74) is 0.991. The van der Waals surface area contributed by atoms with Crippen molar-refractivity contribution >= 4 is 10.8 Å². The maximum atomic E-state index is 5.34. The van der Waals surface area contributed by atoms with Gasteiger partial charge in [-0.05, 0) is 37.2 Å². The van der Waals surface area contributed by atoms with Crippen LogP contribution in [0.25, 0.3) is 22.2 Å². The number of hydrogen-bond donors (Lipinski definition) is 1. The van der Waals surface area contributed by atoms with Gasteiger partial charge in [0, 0.05) is 18.0 Å². The van der Waals surface area contributed by atoms with Gasteiger partial charge in [0.2, 0.25) is 11.7 Å². The van der Waals surface area contributed by atoms with Crippen LogP contribution in [0.5, 0.6) is 0 Å². The molecule has 0 spiro atoms. The Morgan fingerprint density at radius 3 is 2.76 bits per heavy atom.